The number of hydrogen-bond donors (Lipinski definition) is 2. The Morgan fingerprint density at radius 1 is 1.50 bits per heavy atom. The Hall–Kier alpha value is -0.610. The molecule has 94 valence electrons. The zero-order valence-corrected chi connectivity index (χ0v) is 10.5. The van der Waals surface area contributed by atoms with Gasteiger partial charge < -0.3 is 16.0 Å². The van der Waals surface area contributed by atoms with Crippen LogP contribution in [0.25, 0.3) is 0 Å². The maximum Gasteiger partial charge on any atom is 0.222 e. The highest BCUT2D eigenvalue weighted by Gasteiger charge is 2.26. The van der Waals surface area contributed by atoms with Crippen molar-refractivity contribution in [2.75, 3.05) is 26.7 Å². The van der Waals surface area contributed by atoms with Gasteiger partial charge in [0.25, 0.3) is 0 Å². The van der Waals surface area contributed by atoms with Crippen LogP contribution in [-0.2, 0) is 4.79 Å². The van der Waals surface area contributed by atoms with Gasteiger partial charge in [-0.05, 0) is 45.3 Å². The molecular formula is C12H25N3O. The molecule has 3 N–H and O–H groups in total. The molecule has 0 aromatic rings. The fraction of sp³-hybridized carbons (Fsp3) is 0.917. The van der Waals surface area contributed by atoms with E-state index in [2.05, 4.69) is 17.1 Å². The molecule has 1 amide bonds. The van der Waals surface area contributed by atoms with E-state index >= 15 is 0 Å². The van der Waals surface area contributed by atoms with Crippen molar-refractivity contribution in [1.29, 1.82) is 0 Å². The van der Waals surface area contributed by atoms with Crippen LogP contribution in [0.4, 0.5) is 0 Å². The Bertz CT molecular complexity index is 212. The van der Waals surface area contributed by atoms with Crippen molar-refractivity contribution in [3.05, 3.63) is 0 Å². The first kappa shape index (κ1) is 13.5. The second kappa shape index (κ2) is 6.86. The summed E-state index contributed by atoms with van der Waals surface area (Å²) in [6, 6.07) is 0.607. The maximum absolute atomic E-state index is 11.5. The number of hydrogen-bond acceptors (Lipinski definition) is 3. The lowest BCUT2D eigenvalue weighted by Gasteiger charge is -2.36. The van der Waals surface area contributed by atoms with Gasteiger partial charge in [-0.3, -0.25) is 4.79 Å². The third-order valence-electron chi connectivity index (χ3n) is 3.63. The molecule has 0 bridgehead atoms. The molecule has 0 spiro atoms. The summed E-state index contributed by atoms with van der Waals surface area (Å²) in [4.78, 5) is 14.0. The summed E-state index contributed by atoms with van der Waals surface area (Å²) in [6.45, 7) is 5.05. The Morgan fingerprint density at radius 3 is 2.56 bits per heavy atom. The van der Waals surface area contributed by atoms with Gasteiger partial charge in [0, 0.05) is 19.0 Å². The maximum atomic E-state index is 11.5. The molecule has 1 heterocycles. The van der Waals surface area contributed by atoms with Crippen molar-refractivity contribution < 1.29 is 4.79 Å². The summed E-state index contributed by atoms with van der Waals surface area (Å²) >= 11 is 0. The summed E-state index contributed by atoms with van der Waals surface area (Å²) in [5.74, 6) is 0.420. The molecule has 1 aliphatic rings. The Kier molecular flexibility index (Phi) is 5.77. The molecule has 0 aromatic heterocycles. The molecule has 0 saturated carbocycles. The monoisotopic (exact) mass is 227 g/mol. The standard InChI is InChI=1S/C12H25N3O/c1-3-11(4-7-13)15-8-5-10(6-9-15)12(16)14-2/h10-11H,3-9,13H2,1-2H3,(H,14,16). The van der Waals surface area contributed by atoms with Gasteiger partial charge in [-0.2, -0.15) is 0 Å². The van der Waals surface area contributed by atoms with E-state index in [1.165, 1.54) is 0 Å². The van der Waals surface area contributed by atoms with Crippen LogP contribution in [0, 0.1) is 5.92 Å². The summed E-state index contributed by atoms with van der Waals surface area (Å²) in [5, 5.41) is 2.74. The first-order valence-corrected chi connectivity index (χ1v) is 6.38. The molecule has 0 radical (unpaired) electrons. The van der Waals surface area contributed by atoms with Gasteiger partial charge in [0.15, 0.2) is 0 Å². The SMILES string of the molecule is CCC(CCN)N1CCC(C(=O)NC)CC1. The summed E-state index contributed by atoms with van der Waals surface area (Å²) in [6.07, 6.45) is 4.20. The summed E-state index contributed by atoms with van der Waals surface area (Å²) in [7, 11) is 1.72. The first-order valence-electron chi connectivity index (χ1n) is 6.38. The van der Waals surface area contributed by atoms with Gasteiger partial charge in [-0.25, -0.2) is 0 Å². The number of likely N-dealkylation sites (tertiary alicyclic amines) is 1. The molecule has 1 saturated heterocycles. The Labute approximate surface area is 98.6 Å². The van der Waals surface area contributed by atoms with E-state index in [1.807, 2.05) is 0 Å². The van der Waals surface area contributed by atoms with Crippen molar-refractivity contribution in [1.82, 2.24) is 10.2 Å². The van der Waals surface area contributed by atoms with Crippen LogP contribution < -0.4 is 11.1 Å². The average Bonchev–Trinajstić information content (AvgIpc) is 2.35. The summed E-state index contributed by atoms with van der Waals surface area (Å²) < 4.78 is 0. The molecular weight excluding hydrogens is 202 g/mol. The zero-order valence-electron chi connectivity index (χ0n) is 10.5. The number of carbonyl (C=O) groups is 1. The molecule has 4 nitrogen and oxygen atoms in total. The van der Waals surface area contributed by atoms with E-state index in [0.717, 1.165) is 45.3 Å². The number of rotatable bonds is 5. The molecule has 0 aromatic carbocycles. The van der Waals surface area contributed by atoms with Crippen LogP contribution in [0.15, 0.2) is 0 Å². The number of carbonyl (C=O) groups excluding carboxylic acids is 1. The highest BCUT2D eigenvalue weighted by atomic mass is 16.1. The van der Waals surface area contributed by atoms with Gasteiger partial charge in [0.2, 0.25) is 5.91 Å². The largest absolute Gasteiger partial charge is 0.359 e. The van der Waals surface area contributed by atoms with Gasteiger partial charge in [-0.15, -0.1) is 0 Å². The zero-order chi connectivity index (χ0) is 12.0. The van der Waals surface area contributed by atoms with Crippen molar-refractivity contribution in [2.45, 2.75) is 38.6 Å². The number of nitrogens with two attached hydrogens (primary N) is 1. The lowest BCUT2D eigenvalue weighted by Crippen LogP contribution is -2.44. The van der Waals surface area contributed by atoms with Crippen LogP contribution >= 0.6 is 0 Å². The van der Waals surface area contributed by atoms with E-state index in [0.29, 0.717) is 6.04 Å². The van der Waals surface area contributed by atoms with Crippen LogP contribution in [0.2, 0.25) is 0 Å². The van der Waals surface area contributed by atoms with Gasteiger partial charge in [0.05, 0.1) is 0 Å². The third kappa shape index (κ3) is 3.46. The van der Waals surface area contributed by atoms with Crippen LogP contribution in [0.1, 0.15) is 32.6 Å². The highest BCUT2D eigenvalue weighted by molar-refractivity contribution is 5.78. The van der Waals surface area contributed by atoms with Gasteiger partial charge in [-0.1, -0.05) is 6.92 Å². The highest BCUT2D eigenvalue weighted by Crippen LogP contribution is 2.21. The average molecular weight is 227 g/mol. The van der Waals surface area contributed by atoms with Crippen molar-refractivity contribution in [3.63, 3.8) is 0 Å². The van der Waals surface area contributed by atoms with Crippen molar-refractivity contribution >= 4 is 5.91 Å². The molecule has 0 aliphatic carbocycles. The number of nitrogens with one attached hydrogen (secondary N) is 1. The molecule has 1 aliphatic heterocycles. The summed E-state index contributed by atoms with van der Waals surface area (Å²) in [5.41, 5.74) is 5.62. The smallest absolute Gasteiger partial charge is 0.222 e. The normalized spacial score (nSPS) is 20.7. The lowest BCUT2D eigenvalue weighted by atomic mass is 9.94. The Balaban J connectivity index is 2.38. The van der Waals surface area contributed by atoms with Crippen LogP contribution in [0.5, 0.6) is 0 Å². The third-order valence-corrected chi connectivity index (χ3v) is 3.63. The van der Waals surface area contributed by atoms with E-state index in [1.54, 1.807) is 7.05 Å². The number of piperidine rings is 1. The number of amides is 1. The molecule has 1 atom stereocenters. The van der Waals surface area contributed by atoms with Gasteiger partial charge in [0.1, 0.15) is 0 Å². The minimum atomic E-state index is 0.200. The molecule has 16 heavy (non-hydrogen) atoms. The molecule has 1 rings (SSSR count). The predicted molar refractivity (Wildman–Crippen MR) is 66.1 cm³/mol. The van der Waals surface area contributed by atoms with Crippen LogP contribution in [0.3, 0.4) is 0 Å². The predicted octanol–water partition coefficient (Wildman–Crippen LogP) is 0.572. The van der Waals surface area contributed by atoms with E-state index in [4.69, 9.17) is 5.73 Å². The second-order valence-electron chi connectivity index (χ2n) is 4.56. The van der Waals surface area contributed by atoms with E-state index in [-0.39, 0.29) is 11.8 Å². The van der Waals surface area contributed by atoms with E-state index in [9.17, 15) is 4.79 Å². The molecule has 4 heteroatoms. The minimum absolute atomic E-state index is 0.200. The van der Waals surface area contributed by atoms with Crippen molar-refractivity contribution in [3.8, 4) is 0 Å². The topological polar surface area (TPSA) is 58.4 Å². The van der Waals surface area contributed by atoms with Crippen molar-refractivity contribution in [2.24, 2.45) is 11.7 Å². The number of nitrogens with zero attached hydrogens (tertiary/aromatic N) is 1. The Morgan fingerprint density at radius 2 is 2.12 bits per heavy atom. The minimum Gasteiger partial charge on any atom is -0.359 e. The van der Waals surface area contributed by atoms with Crippen LogP contribution in [-0.4, -0.2) is 43.5 Å². The fourth-order valence-electron chi connectivity index (χ4n) is 2.57. The first-order chi connectivity index (χ1) is 7.72. The molecule has 1 unspecified atom stereocenters. The fourth-order valence-corrected chi connectivity index (χ4v) is 2.57. The quantitative estimate of drug-likeness (QED) is 0.722. The second-order valence-corrected chi connectivity index (χ2v) is 4.56. The lowest BCUT2D eigenvalue weighted by molar-refractivity contribution is -0.126. The van der Waals surface area contributed by atoms with Gasteiger partial charge >= 0.3 is 0 Å². The molecule has 1 fully saturated rings. The van der Waals surface area contributed by atoms with E-state index < -0.39 is 0 Å².